The van der Waals surface area contributed by atoms with Gasteiger partial charge in [0.1, 0.15) is 0 Å². The summed E-state index contributed by atoms with van der Waals surface area (Å²) in [5.41, 5.74) is 2.48. The molecule has 112 valence electrons. The highest BCUT2D eigenvalue weighted by atomic mass is 79.9. The van der Waals surface area contributed by atoms with E-state index in [0.29, 0.717) is 6.42 Å². The highest BCUT2D eigenvalue weighted by molar-refractivity contribution is 9.10. The van der Waals surface area contributed by atoms with Crippen molar-refractivity contribution in [1.82, 2.24) is 0 Å². The van der Waals surface area contributed by atoms with Crippen LogP contribution < -0.4 is 0 Å². The van der Waals surface area contributed by atoms with Gasteiger partial charge in [0.2, 0.25) is 0 Å². The van der Waals surface area contributed by atoms with Crippen molar-refractivity contribution in [2.45, 2.75) is 24.3 Å². The molecule has 0 N–H and O–H groups in total. The average molecular weight is 422 g/mol. The van der Waals surface area contributed by atoms with Crippen LogP contribution in [0, 0.1) is 6.92 Å². The van der Waals surface area contributed by atoms with Crippen LogP contribution >= 0.6 is 31.9 Å². The molecule has 5 heteroatoms. The van der Waals surface area contributed by atoms with Crippen LogP contribution in [0.15, 0.2) is 46.9 Å². The van der Waals surface area contributed by atoms with Gasteiger partial charge < -0.3 is 0 Å². The van der Waals surface area contributed by atoms with Crippen molar-refractivity contribution in [3.63, 3.8) is 0 Å². The van der Waals surface area contributed by atoms with Crippen LogP contribution in [0.5, 0.6) is 0 Å². The Balaban J connectivity index is 2.14. The van der Waals surface area contributed by atoms with Gasteiger partial charge in [0.05, 0.1) is 5.56 Å². The van der Waals surface area contributed by atoms with Gasteiger partial charge in [0.25, 0.3) is 0 Å². The van der Waals surface area contributed by atoms with Crippen molar-refractivity contribution in [2.24, 2.45) is 0 Å². The van der Waals surface area contributed by atoms with Crippen LogP contribution in [0.4, 0.5) is 13.2 Å². The molecule has 0 radical (unpaired) electrons. The fourth-order valence-electron chi connectivity index (χ4n) is 2.10. The maximum absolute atomic E-state index is 12.5. The van der Waals surface area contributed by atoms with Gasteiger partial charge in [-0.1, -0.05) is 50.1 Å². The second-order valence-corrected chi connectivity index (χ2v) is 6.95. The highest BCUT2D eigenvalue weighted by Crippen LogP contribution is 2.32. The number of halogens is 5. The number of rotatable bonds is 3. The second-order valence-electron chi connectivity index (χ2n) is 4.93. The Kier molecular flexibility index (Phi) is 5.15. The van der Waals surface area contributed by atoms with Gasteiger partial charge in [0.15, 0.2) is 0 Å². The fourth-order valence-corrected chi connectivity index (χ4v) is 3.36. The lowest BCUT2D eigenvalue weighted by Gasteiger charge is -2.13. The zero-order chi connectivity index (χ0) is 15.6. The third-order valence-electron chi connectivity index (χ3n) is 3.12. The minimum atomic E-state index is -4.28. The Morgan fingerprint density at radius 1 is 1.05 bits per heavy atom. The van der Waals surface area contributed by atoms with E-state index >= 15 is 0 Å². The van der Waals surface area contributed by atoms with Gasteiger partial charge in [-0.05, 0) is 54.3 Å². The van der Waals surface area contributed by atoms with Crippen LogP contribution in [0.2, 0.25) is 0 Å². The summed E-state index contributed by atoms with van der Waals surface area (Å²) in [6, 6.07) is 11.4. The van der Waals surface area contributed by atoms with E-state index in [1.165, 1.54) is 12.1 Å². The monoisotopic (exact) mass is 420 g/mol. The molecule has 0 fully saturated rings. The van der Waals surface area contributed by atoms with Crippen molar-refractivity contribution in [3.05, 3.63) is 69.2 Å². The molecule has 2 aromatic carbocycles. The van der Waals surface area contributed by atoms with E-state index in [2.05, 4.69) is 37.9 Å². The topological polar surface area (TPSA) is 0 Å². The fraction of sp³-hybridized carbons (Fsp3) is 0.250. The van der Waals surface area contributed by atoms with E-state index in [-0.39, 0.29) is 4.83 Å². The Morgan fingerprint density at radius 3 is 2.19 bits per heavy atom. The molecule has 0 nitrogen and oxygen atoms in total. The summed E-state index contributed by atoms with van der Waals surface area (Å²) in [6.07, 6.45) is -3.65. The van der Waals surface area contributed by atoms with Gasteiger partial charge in [-0.25, -0.2) is 0 Å². The number of hydrogen-bond donors (Lipinski definition) is 0. The Hall–Kier alpha value is -0.810. The standard InChI is InChI=1S/C16H13Br2F3/c1-10-6-12(9-14(17)7-10)15(18)8-11-2-4-13(5-3-11)16(19,20)21/h2-7,9,15H,8H2,1H3. The normalized spacial score (nSPS) is 13.2. The van der Waals surface area contributed by atoms with E-state index in [9.17, 15) is 13.2 Å². The van der Waals surface area contributed by atoms with Crippen molar-refractivity contribution in [3.8, 4) is 0 Å². The van der Waals surface area contributed by atoms with Crippen LogP contribution in [-0.2, 0) is 12.6 Å². The zero-order valence-corrected chi connectivity index (χ0v) is 14.4. The van der Waals surface area contributed by atoms with Gasteiger partial charge >= 0.3 is 6.18 Å². The first kappa shape index (κ1) is 16.6. The molecule has 0 saturated heterocycles. The third-order valence-corrected chi connectivity index (χ3v) is 4.43. The summed E-state index contributed by atoms with van der Waals surface area (Å²) in [4.78, 5) is 0.0606. The summed E-state index contributed by atoms with van der Waals surface area (Å²) < 4.78 is 38.6. The van der Waals surface area contributed by atoms with E-state index < -0.39 is 11.7 Å². The van der Waals surface area contributed by atoms with Crippen LogP contribution in [0.3, 0.4) is 0 Å². The quantitative estimate of drug-likeness (QED) is 0.499. The van der Waals surface area contributed by atoms with Crippen LogP contribution in [0.25, 0.3) is 0 Å². The number of aryl methyl sites for hydroxylation is 1. The Morgan fingerprint density at radius 2 is 1.67 bits per heavy atom. The predicted molar refractivity (Wildman–Crippen MR) is 85.7 cm³/mol. The maximum atomic E-state index is 12.5. The summed E-state index contributed by atoms with van der Waals surface area (Å²) in [5, 5.41) is 0. The second kappa shape index (κ2) is 6.53. The molecule has 0 heterocycles. The first-order valence-corrected chi connectivity index (χ1v) is 8.04. The molecule has 0 spiro atoms. The van der Waals surface area contributed by atoms with Crippen LogP contribution in [-0.4, -0.2) is 0 Å². The average Bonchev–Trinajstić information content (AvgIpc) is 2.37. The molecule has 1 unspecified atom stereocenters. The molecule has 2 aromatic rings. The minimum Gasteiger partial charge on any atom is -0.166 e. The number of benzene rings is 2. The van der Waals surface area contributed by atoms with Crippen molar-refractivity contribution in [1.29, 1.82) is 0 Å². The van der Waals surface area contributed by atoms with E-state index in [4.69, 9.17) is 0 Å². The molecule has 2 rings (SSSR count). The highest BCUT2D eigenvalue weighted by Gasteiger charge is 2.29. The minimum absolute atomic E-state index is 0.0606. The van der Waals surface area contributed by atoms with Gasteiger partial charge in [0, 0.05) is 9.30 Å². The lowest BCUT2D eigenvalue weighted by Crippen LogP contribution is -2.05. The summed E-state index contributed by atoms with van der Waals surface area (Å²) >= 11 is 7.06. The molecule has 0 saturated carbocycles. The Bertz CT molecular complexity index is 598. The van der Waals surface area contributed by atoms with Crippen molar-refractivity contribution in [2.75, 3.05) is 0 Å². The van der Waals surface area contributed by atoms with E-state index in [0.717, 1.165) is 33.3 Å². The number of alkyl halides is 4. The molecule has 0 amide bonds. The molecular weight excluding hydrogens is 409 g/mol. The first-order valence-electron chi connectivity index (χ1n) is 6.33. The smallest absolute Gasteiger partial charge is 0.166 e. The maximum Gasteiger partial charge on any atom is 0.416 e. The van der Waals surface area contributed by atoms with Crippen molar-refractivity contribution < 1.29 is 13.2 Å². The van der Waals surface area contributed by atoms with Crippen LogP contribution in [0.1, 0.15) is 27.1 Å². The van der Waals surface area contributed by atoms with Gasteiger partial charge in [-0.15, -0.1) is 0 Å². The van der Waals surface area contributed by atoms with Crippen molar-refractivity contribution >= 4 is 31.9 Å². The summed E-state index contributed by atoms with van der Waals surface area (Å²) in [5.74, 6) is 0. The largest absolute Gasteiger partial charge is 0.416 e. The predicted octanol–water partition coefficient (Wildman–Crippen LogP) is 6.46. The molecule has 1 atom stereocenters. The zero-order valence-electron chi connectivity index (χ0n) is 11.2. The Labute approximate surface area is 138 Å². The summed E-state index contributed by atoms with van der Waals surface area (Å²) in [6.45, 7) is 2.01. The first-order chi connectivity index (χ1) is 9.75. The molecule has 0 aromatic heterocycles. The van der Waals surface area contributed by atoms with E-state index in [1.54, 1.807) is 0 Å². The van der Waals surface area contributed by atoms with Gasteiger partial charge in [-0.2, -0.15) is 13.2 Å². The lowest BCUT2D eigenvalue weighted by molar-refractivity contribution is -0.137. The summed E-state index contributed by atoms with van der Waals surface area (Å²) in [7, 11) is 0. The number of hydrogen-bond acceptors (Lipinski definition) is 0. The lowest BCUT2D eigenvalue weighted by atomic mass is 10.0. The molecule has 0 aliphatic rings. The SMILES string of the molecule is Cc1cc(Br)cc(C(Br)Cc2ccc(C(F)(F)F)cc2)c1. The van der Waals surface area contributed by atoms with Gasteiger partial charge in [-0.3, -0.25) is 0 Å². The third kappa shape index (κ3) is 4.58. The molecular formula is C16H13Br2F3. The van der Waals surface area contributed by atoms with E-state index in [1.807, 2.05) is 19.1 Å². The molecule has 0 aliphatic heterocycles. The molecule has 0 bridgehead atoms. The molecule has 0 aliphatic carbocycles. The molecule has 21 heavy (non-hydrogen) atoms.